The molecule has 2 N–H and O–H groups in total. The predicted molar refractivity (Wildman–Crippen MR) is 66.4 cm³/mol. The van der Waals surface area contributed by atoms with Gasteiger partial charge in [0.15, 0.2) is 0 Å². The van der Waals surface area contributed by atoms with Crippen LogP contribution in [-0.4, -0.2) is 16.0 Å². The minimum atomic E-state index is -0.248. The van der Waals surface area contributed by atoms with Crippen LogP contribution >= 0.6 is 22.9 Å². The van der Waals surface area contributed by atoms with E-state index in [2.05, 4.69) is 10.3 Å². The van der Waals surface area contributed by atoms with Crippen molar-refractivity contribution in [1.29, 1.82) is 0 Å². The van der Waals surface area contributed by atoms with Crippen molar-refractivity contribution in [2.75, 3.05) is 0 Å². The standard InChI is InChI=1S/C11H9ClN2O2S/c12-8-5-7(1-2-9(8)15)11(16)14-6-10-13-3-4-17-10/h1-5,15H,6H2,(H,14,16). The van der Waals surface area contributed by atoms with E-state index in [-0.39, 0.29) is 16.7 Å². The summed E-state index contributed by atoms with van der Waals surface area (Å²) in [5.41, 5.74) is 0.407. The van der Waals surface area contributed by atoms with E-state index in [0.717, 1.165) is 5.01 Å². The Bertz CT molecular complexity index is 528. The van der Waals surface area contributed by atoms with E-state index in [9.17, 15) is 9.90 Å². The van der Waals surface area contributed by atoms with E-state index in [0.29, 0.717) is 12.1 Å². The van der Waals surface area contributed by atoms with Crippen LogP contribution in [-0.2, 0) is 6.54 Å². The number of halogens is 1. The van der Waals surface area contributed by atoms with Crippen LogP contribution in [0, 0.1) is 0 Å². The number of rotatable bonds is 3. The van der Waals surface area contributed by atoms with Gasteiger partial charge in [0, 0.05) is 17.1 Å². The average Bonchev–Trinajstić information content (AvgIpc) is 2.82. The molecule has 1 heterocycles. The summed E-state index contributed by atoms with van der Waals surface area (Å²) in [7, 11) is 0. The third-order valence-electron chi connectivity index (χ3n) is 2.09. The molecule has 0 bridgehead atoms. The Balaban J connectivity index is 2.02. The molecule has 2 aromatic rings. The summed E-state index contributed by atoms with van der Waals surface area (Å²) in [6, 6.07) is 4.33. The highest BCUT2D eigenvalue weighted by Crippen LogP contribution is 2.23. The molecular formula is C11H9ClN2O2S. The molecule has 6 heteroatoms. The summed E-state index contributed by atoms with van der Waals surface area (Å²) in [5, 5.41) is 14.8. The molecule has 2 rings (SSSR count). The van der Waals surface area contributed by atoms with Crippen LogP contribution < -0.4 is 5.32 Å². The molecule has 4 nitrogen and oxygen atoms in total. The fraction of sp³-hybridized carbons (Fsp3) is 0.0909. The van der Waals surface area contributed by atoms with Gasteiger partial charge in [0.1, 0.15) is 10.8 Å². The topological polar surface area (TPSA) is 62.2 Å². The van der Waals surface area contributed by atoms with Crippen molar-refractivity contribution in [3.8, 4) is 5.75 Å². The van der Waals surface area contributed by atoms with Crippen LogP contribution in [0.4, 0.5) is 0 Å². The number of nitrogens with zero attached hydrogens (tertiary/aromatic N) is 1. The van der Waals surface area contributed by atoms with E-state index < -0.39 is 0 Å². The van der Waals surface area contributed by atoms with E-state index in [1.54, 1.807) is 6.20 Å². The Hall–Kier alpha value is -1.59. The molecule has 0 saturated carbocycles. The van der Waals surface area contributed by atoms with E-state index in [1.165, 1.54) is 29.5 Å². The number of phenols is 1. The third-order valence-corrected chi connectivity index (χ3v) is 3.18. The lowest BCUT2D eigenvalue weighted by atomic mass is 10.2. The van der Waals surface area contributed by atoms with Gasteiger partial charge >= 0.3 is 0 Å². The van der Waals surface area contributed by atoms with Crippen molar-refractivity contribution >= 4 is 28.8 Å². The average molecular weight is 269 g/mol. The Morgan fingerprint density at radius 3 is 3.00 bits per heavy atom. The summed E-state index contributed by atoms with van der Waals surface area (Å²) < 4.78 is 0. The van der Waals surface area contributed by atoms with E-state index in [1.807, 2.05) is 5.38 Å². The van der Waals surface area contributed by atoms with Crippen LogP contribution in [0.3, 0.4) is 0 Å². The molecule has 88 valence electrons. The number of amides is 1. The van der Waals surface area contributed by atoms with Crippen molar-refractivity contribution in [1.82, 2.24) is 10.3 Å². The molecule has 0 radical (unpaired) electrons. The maximum absolute atomic E-state index is 11.7. The van der Waals surface area contributed by atoms with Gasteiger partial charge in [-0.1, -0.05) is 11.6 Å². The lowest BCUT2D eigenvalue weighted by Crippen LogP contribution is -2.22. The zero-order valence-electron chi connectivity index (χ0n) is 8.68. The smallest absolute Gasteiger partial charge is 0.251 e. The Morgan fingerprint density at radius 1 is 1.53 bits per heavy atom. The van der Waals surface area contributed by atoms with Gasteiger partial charge in [-0.05, 0) is 18.2 Å². The summed E-state index contributed by atoms with van der Waals surface area (Å²) in [4.78, 5) is 15.8. The fourth-order valence-electron chi connectivity index (χ4n) is 1.25. The molecule has 0 atom stereocenters. The zero-order chi connectivity index (χ0) is 12.3. The maximum Gasteiger partial charge on any atom is 0.251 e. The lowest BCUT2D eigenvalue weighted by Gasteiger charge is -2.04. The molecule has 0 spiro atoms. The highest BCUT2D eigenvalue weighted by atomic mass is 35.5. The summed E-state index contributed by atoms with van der Waals surface area (Å²) in [6.07, 6.45) is 1.68. The fourth-order valence-corrected chi connectivity index (χ4v) is 1.98. The number of carbonyl (C=O) groups excluding carboxylic acids is 1. The number of hydrogen-bond acceptors (Lipinski definition) is 4. The predicted octanol–water partition coefficient (Wildman–Crippen LogP) is 2.43. The molecule has 0 unspecified atom stereocenters. The van der Waals surface area contributed by atoms with Gasteiger partial charge in [0.2, 0.25) is 0 Å². The van der Waals surface area contributed by atoms with Crippen LogP contribution in [0.25, 0.3) is 0 Å². The maximum atomic E-state index is 11.7. The first-order valence-electron chi connectivity index (χ1n) is 4.82. The van der Waals surface area contributed by atoms with Gasteiger partial charge in [-0.15, -0.1) is 11.3 Å². The first-order valence-corrected chi connectivity index (χ1v) is 6.07. The van der Waals surface area contributed by atoms with Crippen molar-refractivity contribution in [3.05, 3.63) is 45.4 Å². The second kappa shape index (κ2) is 5.16. The highest BCUT2D eigenvalue weighted by molar-refractivity contribution is 7.09. The summed E-state index contributed by atoms with van der Waals surface area (Å²) >= 11 is 7.19. The molecule has 0 saturated heterocycles. The Kier molecular flexibility index (Phi) is 3.61. The van der Waals surface area contributed by atoms with Crippen LogP contribution in [0.15, 0.2) is 29.8 Å². The van der Waals surface area contributed by atoms with Gasteiger partial charge in [0.25, 0.3) is 5.91 Å². The number of thiazole rings is 1. The van der Waals surface area contributed by atoms with Crippen molar-refractivity contribution in [2.24, 2.45) is 0 Å². The molecule has 0 fully saturated rings. The van der Waals surface area contributed by atoms with Crippen LogP contribution in [0.5, 0.6) is 5.75 Å². The van der Waals surface area contributed by atoms with Crippen molar-refractivity contribution < 1.29 is 9.90 Å². The van der Waals surface area contributed by atoms with Gasteiger partial charge in [-0.3, -0.25) is 4.79 Å². The zero-order valence-corrected chi connectivity index (χ0v) is 10.3. The number of hydrogen-bond donors (Lipinski definition) is 2. The first kappa shape index (κ1) is 11.9. The molecule has 1 amide bonds. The first-order chi connectivity index (χ1) is 8.16. The largest absolute Gasteiger partial charge is 0.506 e. The Morgan fingerprint density at radius 2 is 2.35 bits per heavy atom. The summed E-state index contributed by atoms with van der Waals surface area (Å²) in [5.74, 6) is -0.287. The second-order valence-corrected chi connectivity index (χ2v) is 4.66. The Labute approximate surface area is 107 Å². The monoisotopic (exact) mass is 268 g/mol. The number of benzene rings is 1. The van der Waals surface area contributed by atoms with Crippen molar-refractivity contribution in [3.63, 3.8) is 0 Å². The minimum absolute atomic E-state index is 0.0388. The number of nitrogens with one attached hydrogen (secondary N) is 1. The van der Waals surface area contributed by atoms with Gasteiger partial charge in [0.05, 0.1) is 11.6 Å². The van der Waals surface area contributed by atoms with Crippen LogP contribution in [0.1, 0.15) is 15.4 Å². The molecule has 1 aromatic carbocycles. The van der Waals surface area contributed by atoms with Crippen molar-refractivity contribution in [2.45, 2.75) is 6.54 Å². The second-order valence-electron chi connectivity index (χ2n) is 3.27. The lowest BCUT2D eigenvalue weighted by molar-refractivity contribution is 0.0951. The minimum Gasteiger partial charge on any atom is -0.506 e. The molecule has 0 aliphatic carbocycles. The van der Waals surface area contributed by atoms with E-state index >= 15 is 0 Å². The number of carbonyl (C=O) groups is 1. The highest BCUT2D eigenvalue weighted by Gasteiger charge is 2.08. The van der Waals surface area contributed by atoms with Crippen LogP contribution in [0.2, 0.25) is 5.02 Å². The molecule has 0 aliphatic rings. The number of aromatic hydroxyl groups is 1. The quantitative estimate of drug-likeness (QED) is 0.899. The summed E-state index contributed by atoms with van der Waals surface area (Å²) in [6.45, 7) is 0.384. The van der Waals surface area contributed by atoms with Gasteiger partial charge in [-0.2, -0.15) is 0 Å². The molecular weight excluding hydrogens is 260 g/mol. The van der Waals surface area contributed by atoms with Gasteiger partial charge in [-0.25, -0.2) is 4.98 Å². The number of phenolic OH excluding ortho intramolecular Hbond substituents is 1. The molecule has 17 heavy (non-hydrogen) atoms. The van der Waals surface area contributed by atoms with Gasteiger partial charge < -0.3 is 10.4 Å². The normalized spacial score (nSPS) is 10.2. The molecule has 1 aromatic heterocycles. The third kappa shape index (κ3) is 2.95. The van der Waals surface area contributed by atoms with E-state index in [4.69, 9.17) is 11.6 Å². The number of aromatic nitrogens is 1. The SMILES string of the molecule is O=C(NCc1nccs1)c1ccc(O)c(Cl)c1. The molecule has 0 aliphatic heterocycles.